The molecular weight excluding hydrogens is 288 g/mol. The van der Waals surface area contributed by atoms with Gasteiger partial charge in [-0.25, -0.2) is 0 Å². The first-order valence-electron chi connectivity index (χ1n) is 6.82. The molecule has 0 heterocycles. The summed E-state index contributed by atoms with van der Waals surface area (Å²) in [4.78, 5) is 2.52. The van der Waals surface area contributed by atoms with Crippen molar-refractivity contribution < 1.29 is 0 Å². The van der Waals surface area contributed by atoms with Gasteiger partial charge in [-0.3, -0.25) is 4.90 Å². The van der Waals surface area contributed by atoms with Gasteiger partial charge >= 0.3 is 0 Å². The number of hydrogen-bond donors (Lipinski definition) is 1. The summed E-state index contributed by atoms with van der Waals surface area (Å²) in [6.07, 6.45) is 3.87. The van der Waals surface area contributed by atoms with Crippen LogP contribution in [-0.4, -0.2) is 17.5 Å². The van der Waals surface area contributed by atoms with Gasteiger partial charge in [0.2, 0.25) is 0 Å². The predicted octanol–water partition coefficient (Wildman–Crippen LogP) is 4.43. The maximum Gasteiger partial charge on any atom is 0.0458 e. The number of nitrogen functional groups attached to an aromatic ring is 1. The monoisotopic (exact) mass is 312 g/mol. The van der Waals surface area contributed by atoms with Gasteiger partial charge < -0.3 is 5.73 Å². The van der Waals surface area contributed by atoms with Crippen molar-refractivity contribution in [3.63, 3.8) is 0 Å². The topological polar surface area (TPSA) is 29.3 Å². The smallest absolute Gasteiger partial charge is 0.0458 e. The van der Waals surface area contributed by atoms with E-state index in [1.807, 2.05) is 6.07 Å². The fourth-order valence-corrected chi connectivity index (χ4v) is 2.41. The van der Waals surface area contributed by atoms with Crippen LogP contribution in [0.4, 0.5) is 5.69 Å². The van der Waals surface area contributed by atoms with Crippen molar-refractivity contribution >= 4 is 21.6 Å². The van der Waals surface area contributed by atoms with E-state index >= 15 is 0 Å². The zero-order chi connectivity index (χ0) is 13.5. The van der Waals surface area contributed by atoms with E-state index in [0.717, 1.165) is 16.7 Å². The van der Waals surface area contributed by atoms with Crippen molar-refractivity contribution in [2.45, 2.75) is 52.6 Å². The summed E-state index contributed by atoms with van der Waals surface area (Å²) in [5.74, 6) is 0. The second-order valence-corrected chi connectivity index (χ2v) is 5.98. The number of hydrogen-bond acceptors (Lipinski definition) is 2. The van der Waals surface area contributed by atoms with E-state index in [-0.39, 0.29) is 0 Å². The second kappa shape index (κ2) is 7.80. The van der Waals surface area contributed by atoms with E-state index in [2.05, 4.69) is 53.7 Å². The maximum absolute atomic E-state index is 5.82. The molecule has 2 nitrogen and oxygen atoms in total. The Morgan fingerprint density at radius 3 is 2.56 bits per heavy atom. The SMILES string of the molecule is CCCCCN(Cc1ccc(N)c(Br)c1)C(C)C. The molecule has 0 aliphatic heterocycles. The van der Waals surface area contributed by atoms with Crippen molar-refractivity contribution in [3.05, 3.63) is 28.2 Å². The van der Waals surface area contributed by atoms with Gasteiger partial charge in [0.25, 0.3) is 0 Å². The first-order chi connectivity index (χ1) is 8.54. The number of anilines is 1. The van der Waals surface area contributed by atoms with Crippen molar-refractivity contribution in [2.24, 2.45) is 0 Å². The van der Waals surface area contributed by atoms with Crippen LogP contribution in [0.2, 0.25) is 0 Å². The molecule has 0 saturated heterocycles. The molecule has 0 aliphatic carbocycles. The zero-order valence-corrected chi connectivity index (χ0v) is 13.3. The molecule has 0 atom stereocenters. The predicted molar refractivity (Wildman–Crippen MR) is 83.6 cm³/mol. The van der Waals surface area contributed by atoms with Gasteiger partial charge in [0, 0.05) is 22.7 Å². The van der Waals surface area contributed by atoms with Crippen LogP contribution < -0.4 is 5.73 Å². The Hall–Kier alpha value is -0.540. The molecule has 102 valence electrons. The summed E-state index contributed by atoms with van der Waals surface area (Å²) in [6.45, 7) is 8.95. The van der Waals surface area contributed by atoms with E-state index in [4.69, 9.17) is 5.73 Å². The first kappa shape index (κ1) is 15.5. The minimum atomic E-state index is 0.582. The second-order valence-electron chi connectivity index (χ2n) is 5.13. The Kier molecular flexibility index (Phi) is 6.72. The van der Waals surface area contributed by atoms with Crippen LogP contribution >= 0.6 is 15.9 Å². The Labute approximate surface area is 120 Å². The summed E-state index contributed by atoms with van der Waals surface area (Å²) in [5.41, 5.74) is 7.94. The van der Waals surface area contributed by atoms with E-state index in [1.165, 1.54) is 31.4 Å². The lowest BCUT2D eigenvalue weighted by Crippen LogP contribution is -2.31. The minimum Gasteiger partial charge on any atom is -0.398 e. The first-order valence-corrected chi connectivity index (χ1v) is 7.61. The number of benzene rings is 1. The van der Waals surface area contributed by atoms with Crippen molar-refractivity contribution in [3.8, 4) is 0 Å². The molecule has 18 heavy (non-hydrogen) atoms. The van der Waals surface area contributed by atoms with Crippen molar-refractivity contribution in [1.82, 2.24) is 4.90 Å². The number of nitrogens with two attached hydrogens (primary N) is 1. The summed E-state index contributed by atoms with van der Waals surface area (Å²) in [6, 6.07) is 6.81. The van der Waals surface area contributed by atoms with Gasteiger partial charge in [0.1, 0.15) is 0 Å². The third-order valence-corrected chi connectivity index (χ3v) is 3.92. The van der Waals surface area contributed by atoms with Gasteiger partial charge in [-0.05, 0) is 60.4 Å². The molecule has 0 unspecified atom stereocenters. The van der Waals surface area contributed by atoms with Crippen molar-refractivity contribution in [2.75, 3.05) is 12.3 Å². The highest BCUT2D eigenvalue weighted by Crippen LogP contribution is 2.21. The molecule has 3 heteroatoms. The number of rotatable bonds is 7. The molecule has 0 aliphatic rings. The number of unbranched alkanes of at least 4 members (excludes halogenated alkanes) is 2. The van der Waals surface area contributed by atoms with Gasteiger partial charge in [-0.15, -0.1) is 0 Å². The maximum atomic E-state index is 5.82. The molecule has 0 spiro atoms. The average molecular weight is 313 g/mol. The van der Waals surface area contributed by atoms with E-state index in [0.29, 0.717) is 6.04 Å². The third-order valence-electron chi connectivity index (χ3n) is 3.23. The third kappa shape index (κ3) is 4.99. The summed E-state index contributed by atoms with van der Waals surface area (Å²) < 4.78 is 0.997. The van der Waals surface area contributed by atoms with Gasteiger partial charge in [0.05, 0.1) is 0 Å². The molecule has 0 radical (unpaired) electrons. The van der Waals surface area contributed by atoms with Crippen LogP contribution in [0.1, 0.15) is 45.6 Å². The van der Waals surface area contributed by atoms with Crippen molar-refractivity contribution in [1.29, 1.82) is 0 Å². The van der Waals surface area contributed by atoms with Crippen LogP contribution in [-0.2, 0) is 6.54 Å². The molecule has 1 aromatic carbocycles. The lowest BCUT2D eigenvalue weighted by atomic mass is 10.1. The lowest BCUT2D eigenvalue weighted by molar-refractivity contribution is 0.208. The highest BCUT2D eigenvalue weighted by Gasteiger charge is 2.10. The summed E-state index contributed by atoms with van der Waals surface area (Å²) in [7, 11) is 0. The molecule has 0 fully saturated rings. The van der Waals surface area contributed by atoms with Gasteiger partial charge in [0.15, 0.2) is 0 Å². The number of halogens is 1. The van der Waals surface area contributed by atoms with Crippen LogP contribution in [0.5, 0.6) is 0 Å². The average Bonchev–Trinajstić information content (AvgIpc) is 2.32. The normalized spacial score (nSPS) is 11.4. The highest BCUT2D eigenvalue weighted by atomic mass is 79.9. The Morgan fingerprint density at radius 1 is 1.28 bits per heavy atom. The lowest BCUT2D eigenvalue weighted by Gasteiger charge is -2.26. The largest absolute Gasteiger partial charge is 0.398 e. The molecular formula is C15H25BrN2. The summed E-state index contributed by atoms with van der Waals surface area (Å²) in [5, 5.41) is 0. The molecule has 0 aromatic heterocycles. The highest BCUT2D eigenvalue weighted by molar-refractivity contribution is 9.10. The molecule has 1 aromatic rings. The van der Waals surface area contributed by atoms with Crippen LogP contribution in [0.15, 0.2) is 22.7 Å². The van der Waals surface area contributed by atoms with E-state index in [9.17, 15) is 0 Å². The fourth-order valence-electron chi connectivity index (χ4n) is 1.99. The molecule has 2 N–H and O–H groups in total. The van der Waals surface area contributed by atoms with Gasteiger partial charge in [-0.1, -0.05) is 25.8 Å². The van der Waals surface area contributed by atoms with E-state index in [1.54, 1.807) is 0 Å². The van der Waals surface area contributed by atoms with Crippen LogP contribution in [0, 0.1) is 0 Å². The van der Waals surface area contributed by atoms with Gasteiger partial charge in [-0.2, -0.15) is 0 Å². The molecule has 0 saturated carbocycles. The molecule has 0 bridgehead atoms. The summed E-state index contributed by atoms with van der Waals surface area (Å²) >= 11 is 3.49. The molecule has 1 rings (SSSR count). The zero-order valence-electron chi connectivity index (χ0n) is 11.7. The minimum absolute atomic E-state index is 0.582. The van der Waals surface area contributed by atoms with E-state index < -0.39 is 0 Å². The fraction of sp³-hybridized carbons (Fsp3) is 0.600. The quantitative estimate of drug-likeness (QED) is 0.596. The Balaban J connectivity index is 2.61. The standard InChI is InChI=1S/C15H25BrN2/c1-4-5-6-9-18(12(2)3)11-13-7-8-15(17)14(16)10-13/h7-8,10,12H,4-6,9,11,17H2,1-3H3. The van der Waals surface area contributed by atoms with Crippen LogP contribution in [0.25, 0.3) is 0 Å². The number of nitrogens with zero attached hydrogens (tertiary/aromatic N) is 1. The Morgan fingerprint density at radius 2 is 2.00 bits per heavy atom. The Bertz CT molecular complexity index is 364. The van der Waals surface area contributed by atoms with Crippen LogP contribution in [0.3, 0.4) is 0 Å². The molecule has 0 amide bonds.